The van der Waals surface area contributed by atoms with Crippen LogP contribution < -0.4 is 15.5 Å². The topological polar surface area (TPSA) is 85.0 Å². The highest BCUT2D eigenvalue weighted by molar-refractivity contribution is 7.12. The van der Waals surface area contributed by atoms with E-state index in [2.05, 4.69) is 15.5 Å². The number of urea groups is 1. The maximum absolute atomic E-state index is 14.0. The molecule has 8 nitrogen and oxygen atoms in total. The SMILES string of the molecule is CN(Cc1ccccc1)C(=O)c1cc(NC(=O)c2cccs2)ccc1N1CCN(C(=O)Nc2ccccc2F)CC1. The molecule has 0 radical (unpaired) electrons. The van der Waals surface area contributed by atoms with Crippen LogP contribution in [-0.2, 0) is 6.54 Å². The third kappa shape index (κ3) is 6.72. The summed E-state index contributed by atoms with van der Waals surface area (Å²) in [5.74, 6) is -0.914. The van der Waals surface area contributed by atoms with E-state index in [4.69, 9.17) is 0 Å². The summed E-state index contributed by atoms with van der Waals surface area (Å²) in [4.78, 5) is 45.1. The van der Waals surface area contributed by atoms with Crippen LogP contribution in [0.15, 0.2) is 90.3 Å². The van der Waals surface area contributed by atoms with Crippen LogP contribution in [0, 0.1) is 5.82 Å². The number of halogens is 1. The molecule has 41 heavy (non-hydrogen) atoms. The monoisotopic (exact) mass is 571 g/mol. The minimum atomic E-state index is -0.492. The third-order valence-electron chi connectivity index (χ3n) is 6.86. The molecule has 10 heteroatoms. The molecule has 5 rings (SSSR count). The van der Waals surface area contributed by atoms with Crippen molar-refractivity contribution in [1.82, 2.24) is 9.80 Å². The van der Waals surface area contributed by atoms with Crippen molar-refractivity contribution in [1.29, 1.82) is 0 Å². The van der Waals surface area contributed by atoms with Gasteiger partial charge in [0.2, 0.25) is 0 Å². The smallest absolute Gasteiger partial charge is 0.322 e. The lowest BCUT2D eigenvalue weighted by Gasteiger charge is -2.37. The Balaban J connectivity index is 1.33. The quantitative estimate of drug-likeness (QED) is 0.295. The Bertz CT molecular complexity index is 1520. The molecule has 0 aliphatic carbocycles. The van der Waals surface area contributed by atoms with Gasteiger partial charge in [0.1, 0.15) is 5.82 Å². The molecule has 0 bridgehead atoms. The van der Waals surface area contributed by atoms with Crippen LogP contribution in [0.25, 0.3) is 0 Å². The molecule has 0 saturated carbocycles. The largest absolute Gasteiger partial charge is 0.367 e. The summed E-state index contributed by atoms with van der Waals surface area (Å²) in [5.41, 5.74) is 2.83. The summed E-state index contributed by atoms with van der Waals surface area (Å²) in [6, 6.07) is 24.3. The van der Waals surface area contributed by atoms with Crippen LogP contribution in [0.5, 0.6) is 0 Å². The normalized spacial score (nSPS) is 13.0. The van der Waals surface area contributed by atoms with Crippen molar-refractivity contribution in [2.24, 2.45) is 0 Å². The van der Waals surface area contributed by atoms with E-state index in [1.165, 1.54) is 23.5 Å². The first-order chi connectivity index (χ1) is 19.9. The van der Waals surface area contributed by atoms with E-state index in [0.717, 1.165) is 11.3 Å². The molecule has 0 atom stereocenters. The summed E-state index contributed by atoms with van der Waals surface area (Å²) in [6.45, 7) is 2.17. The Hall–Kier alpha value is -4.70. The number of benzene rings is 3. The summed E-state index contributed by atoms with van der Waals surface area (Å²) >= 11 is 1.34. The van der Waals surface area contributed by atoms with E-state index >= 15 is 0 Å². The highest BCUT2D eigenvalue weighted by Crippen LogP contribution is 2.28. The molecule has 2 N–H and O–H groups in total. The molecular weight excluding hydrogens is 541 g/mol. The molecule has 1 saturated heterocycles. The number of piperazine rings is 1. The first-order valence-electron chi connectivity index (χ1n) is 13.2. The van der Waals surface area contributed by atoms with Crippen LogP contribution >= 0.6 is 11.3 Å². The zero-order chi connectivity index (χ0) is 28.8. The molecule has 1 aromatic heterocycles. The van der Waals surface area contributed by atoms with Gasteiger partial charge in [0.15, 0.2) is 0 Å². The maximum atomic E-state index is 14.0. The van der Waals surface area contributed by atoms with Gasteiger partial charge >= 0.3 is 6.03 Å². The predicted molar refractivity (Wildman–Crippen MR) is 160 cm³/mol. The number of thiophene rings is 1. The Morgan fingerprint density at radius 3 is 2.32 bits per heavy atom. The molecule has 210 valence electrons. The van der Waals surface area contributed by atoms with Crippen LogP contribution in [0.2, 0.25) is 0 Å². The molecule has 0 spiro atoms. The molecule has 4 aromatic rings. The zero-order valence-electron chi connectivity index (χ0n) is 22.5. The minimum Gasteiger partial charge on any atom is -0.367 e. The molecule has 3 aromatic carbocycles. The summed E-state index contributed by atoms with van der Waals surface area (Å²) in [5, 5.41) is 7.37. The lowest BCUT2D eigenvalue weighted by molar-refractivity contribution is 0.0785. The van der Waals surface area contributed by atoms with Crippen LogP contribution in [0.3, 0.4) is 0 Å². The lowest BCUT2D eigenvalue weighted by atomic mass is 10.1. The first kappa shape index (κ1) is 27.9. The maximum Gasteiger partial charge on any atom is 0.322 e. The van der Waals surface area contributed by atoms with Gasteiger partial charge in [0.05, 0.1) is 16.1 Å². The molecular formula is C31H30FN5O3S. The summed E-state index contributed by atoms with van der Waals surface area (Å²) in [6.07, 6.45) is 0. The molecule has 0 unspecified atom stereocenters. The first-order valence-corrected chi connectivity index (χ1v) is 14.1. The van der Waals surface area contributed by atoms with Gasteiger partial charge in [-0.15, -0.1) is 11.3 Å². The lowest BCUT2D eigenvalue weighted by Crippen LogP contribution is -2.50. The van der Waals surface area contributed by atoms with Crippen molar-refractivity contribution in [2.75, 3.05) is 48.8 Å². The van der Waals surface area contributed by atoms with E-state index in [1.807, 2.05) is 47.8 Å². The zero-order valence-corrected chi connectivity index (χ0v) is 23.4. The van der Waals surface area contributed by atoms with Gasteiger partial charge in [0, 0.05) is 51.1 Å². The highest BCUT2D eigenvalue weighted by atomic mass is 32.1. The Labute approximate surface area is 242 Å². The Morgan fingerprint density at radius 2 is 1.61 bits per heavy atom. The molecule has 1 aliphatic rings. The number of rotatable bonds is 7. The van der Waals surface area contributed by atoms with E-state index < -0.39 is 5.82 Å². The third-order valence-corrected chi connectivity index (χ3v) is 7.73. The number of anilines is 3. The predicted octanol–water partition coefficient (Wildman–Crippen LogP) is 5.77. The van der Waals surface area contributed by atoms with Crippen molar-refractivity contribution in [3.05, 3.63) is 112 Å². The Kier molecular flexibility index (Phi) is 8.59. The van der Waals surface area contributed by atoms with Gasteiger partial charge in [-0.05, 0) is 47.3 Å². The fourth-order valence-electron chi connectivity index (χ4n) is 4.70. The summed E-state index contributed by atoms with van der Waals surface area (Å²) < 4.78 is 14.0. The van der Waals surface area contributed by atoms with Gasteiger partial charge < -0.3 is 25.3 Å². The number of amides is 4. The van der Waals surface area contributed by atoms with E-state index in [0.29, 0.717) is 48.9 Å². The Morgan fingerprint density at radius 1 is 0.878 bits per heavy atom. The number of nitrogens with one attached hydrogen (secondary N) is 2. The number of para-hydroxylation sites is 1. The second kappa shape index (κ2) is 12.6. The van der Waals surface area contributed by atoms with Gasteiger partial charge in [-0.1, -0.05) is 48.5 Å². The molecule has 1 fully saturated rings. The van der Waals surface area contributed by atoms with Crippen LogP contribution in [-0.4, -0.2) is 60.9 Å². The van der Waals surface area contributed by atoms with E-state index in [1.54, 1.807) is 47.2 Å². The number of hydrogen-bond donors (Lipinski definition) is 2. The highest BCUT2D eigenvalue weighted by Gasteiger charge is 2.26. The van der Waals surface area contributed by atoms with E-state index in [-0.39, 0.29) is 23.5 Å². The second-order valence-corrected chi connectivity index (χ2v) is 10.6. The minimum absolute atomic E-state index is 0.134. The standard InChI is InChI=1S/C31H30FN5O3S/c1-35(21-22-8-3-2-4-9-22)30(39)24-20-23(33-29(38)28-12-7-19-41-28)13-14-27(24)36-15-17-37(18-16-36)31(40)34-26-11-6-5-10-25(26)32/h2-14,19-20H,15-18,21H2,1H3,(H,33,38)(H,34,40). The molecule has 4 amide bonds. The average Bonchev–Trinajstić information content (AvgIpc) is 3.54. The molecule has 2 heterocycles. The van der Waals surface area contributed by atoms with Crippen LogP contribution in [0.4, 0.5) is 26.2 Å². The second-order valence-electron chi connectivity index (χ2n) is 9.69. The van der Waals surface area contributed by atoms with Crippen molar-refractivity contribution < 1.29 is 18.8 Å². The van der Waals surface area contributed by atoms with Crippen molar-refractivity contribution in [3.8, 4) is 0 Å². The fourth-order valence-corrected chi connectivity index (χ4v) is 5.32. The van der Waals surface area contributed by atoms with Crippen molar-refractivity contribution in [3.63, 3.8) is 0 Å². The van der Waals surface area contributed by atoms with Gasteiger partial charge in [-0.3, -0.25) is 9.59 Å². The number of carbonyl (C=O) groups excluding carboxylic acids is 3. The van der Waals surface area contributed by atoms with Crippen molar-refractivity contribution in [2.45, 2.75) is 6.54 Å². The van der Waals surface area contributed by atoms with Crippen molar-refractivity contribution >= 4 is 46.2 Å². The van der Waals surface area contributed by atoms with E-state index in [9.17, 15) is 18.8 Å². The summed E-state index contributed by atoms with van der Waals surface area (Å²) in [7, 11) is 1.75. The number of nitrogens with zero attached hydrogens (tertiary/aromatic N) is 3. The molecule has 1 aliphatic heterocycles. The average molecular weight is 572 g/mol. The van der Waals surface area contributed by atoms with Gasteiger partial charge in [0.25, 0.3) is 11.8 Å². The fraction of sp³-hybridized carbons (Fsp3) is 0.194. The number of carbonyl (C=O) groups is 3. The van der Waals surface area contributed by atoms with Gasteiger partial charge in [-0.2, -0.15) is 0 Å². The van der Waals surface area contributed by atoms with Gasteiger partial charge in [-0.25, -0.2) is 9.18 Å². The number of hydrogen-bond acceptors (Lipinski definition) is 5. The van der Waals surface area contributed by atoms with Crippen LogP contribution in [0.1, 0.15) is 25.6 Å².